The van der Waals surface area contributed by atoms with Gasteiger partial charge in [0.25, 0.3) is 11.5 Å². The summed E-state index contributed by atoms with van der Waals surface area (Å²) in [4.78, 5) is 26.9. The molecule has 1 heterocycles. The fourth-order valence-electron chi connectivity index (χ4n) is 2.29. The summed E-state index contributed by atoms with van der Waals surface area (Å²) >= 11 is 0. The molecule has 0 unspecified atom stereocenters. The molecule has 6 nitrogen and oxygen atoms in total. The van der Waals surface area contributed by atoms with E-state index in [-0.39, 0.29) is 16.8 Å². The maximum Gasteiger partial charge on any atom is 0.279 e. The Morgan fingerprint density at radius 1 is 1.17 bits per heavy atom. The first-order chi connectivity index (χ1) is 11.6. The van der Waals surface area contributed by atoms with Crippen LogP contribution < -0.4 is 16.7 Å². The van der Waals surface area contributed by atoms with Crippen LogP contribution in [0.5, 0.6) is 0 Å². The van der Waals surface area contributed by atoms with Gasteiger partial charge in [0.1, 0.15) is 11.4 Å². The predicted octanol–water partition coefficient (Wildman–Crippen LogP) is 2.01. The number of carbonyl (C=O) groups excluding carboxylic acids is 1. The van der Waals surface area contributed by atoms with E-state index in [1.165, 1.54) is 12.1 Å². The first kappa shape index (κ1) is 15.4. The number of halogens is 1. The van der Waals surface area contributed by atoms with E-state index in [4.69, 9.17) is 5.73 Å². The lowest BCUT2D eigenvalue weighted by Gasteiger charge is -2.07. The molecular weight excluding hydrogens is 311 g/mol. The summed E-state index contributed by atoms with van der Waals surface area (Å²) < 4.78 is 13.5. The van der Waals surface area contributed by atoms with Gasteiger partial charge in [0.2, 0.25) is 0 Å². The van der Waals surface area contributed by atoms with Crippen LogP contribution in [-0.4, -0.2) is 17.1 Å². The zero-order valence-corrected chi connectivity index (χ0v) is 12.4. The fourth-order valence-corrected chi connectivity index (χ4v) is 2.29. The topological polar surface area (TPSA) is 100 Å². The van der Waals surface area contributed by atoms with Crippen LogP contribution in [0.25, 0.3) is 10.9 Å². The van der Waals surface area contributed by atoms with Gasteiger partial charge in [0, 0.05) is 10.9 Å². The molecule has 0 bridgehead atoms. The molecule has 24 heavy (non-hydrogen) atoms. The first-order valence-corrected chi connectivity index (χ1v) is 7.06. The number of benzene rings is 2. The van der Waals surface area contributed by atoms with Crippen LogP contribution in [0.15, 0.2) is 58.4 Å². The van der Waals surface area contributed by atoms with Crippen molar-refractivity contribution in [3.63, 3.8) is 0 Å². The number of hydrogen-bond donors (Lipinski definition) is 3. The van der Waals surface area contributed by atoms with Gasteiger partial charge in [-0.2, -0.15) is 5.10 Å². The average Bonchev–Trinajstić information content (AvgIpc) is 2.56. The number of nitrogens with zero attached hydrogens (tertiary/aromatic N) is 1. The van der Waals surface area contributed by atoms with Gasteiger partial charge in [-0.25, -0.2) is 9.82 Å². The molecule has 0 fully saturated rings. The quantitative estimate of drug-likeness (QED) is 0.507. The van der Waals surface area contributed by atoms with Crippen LogP contribution in [0.3, 0.4) is 0 Å². The summed E-state index contributed by atoms with van der Waals surface area (Å²) in [6.07, 6.45) is 1.15. The predicted molar refractivity (Wildman–Crippen MR) is 90.4 cm³/mol. The second-order valence-electron chi connectivity index (χ2n) is 5.01. The van der Waals surface area contributed by atoms with Crippen molar-refractivity contribution >= 4 is 28.7 Å². The van der Waals surface area contributed by atoms with Crippen molar-refractivity contribution in [2.75, 3.05) is 5.73 Å². The first-order valence-electron chi connectivity index (χ1n) is 7.06. The van der Waals surface area contributed by atoms with Gasteiger partial charge in [-0.05, 0) is 12.1 Å². The number of carbonyl (C=O) groups is 1. The van der Waals surface area contributed by atoms with E-state index in [2.05, 4.69) is 15.5 Å². The molecule has 120 valence electrons. The zero-order chi connectivity index (χ0) is 17.1. The zero-order valence-electron chi connectivity index (χ0n) is 12.4. The van der Waals surface area contributed by atoms with Gasteiger partial charge in [0.15, 0.2) is 0 Å². The maximum atomic E-state index is 13.5. The molecule has 0 aliphatic carbocycles. The van der Waals surface area contributed by atoms with E-state index in [0.29, 0.717) is 10.9 Å². The number of nitrogens with one attached hydrogen (secondary N) is 2. The van der Waals surface area contributed by atoms with Crippen molar-refractivity contribution in [3.8, 4) is 0 Å². The number of nitrogens with two attached hydrogens (primary N) is 1. The lowest BCUT2D eigenvalue weighted by atomic mass is 10.1. The molecule has 0 aliphatic rings. The molecule has 4 N–H and O–H groups in total. The van der Waals surface area contributed by atoms with Gasteiger partial charge in [0.05, 0.1) is 17.4 Å². The summed E-state index contributed by atoms with van der Waals surface area (Å²) in [5, 5.41) is 4.22. The van der Waals surface area contributed by atoms with E-state index < -0.39 is 17.3 Å². The van der Waals surface area contributed by atoms with Crippen molar-refractivity contribution in [2.24, 2.45) is 5.10 Å². The van der Waals surface area contributed by atoms with E-state index >= 15 is 0 Å². The van der Waals surface area contributed by atoms with Gasteiger partial charge < -0.3 is 10.7 Å². The molecule has 7 heteroatoms. The summed E-state index contributed by atoms with van der Waals surface area (Å²) in [7, 11) is 0. The minimum Gasteiger partial charge on any atom is -0.397 e. The minimum absolute atomic E-state index is 0.0629. The van der Waals surface area contributed by atoms with E-state index in [0.717, 1.165) is 6.21 Å². The van der Waals surface area contributed by atoms with Crippen molar-refractivity contribution in [2.45, 2.75) is 0 Å². The Balaban J connectivity index is 1.89. The third-order valence-electron chi connectivity index (χ3n) is 3.46. The molecule has 1 aromatic heterocycles. The molecule has 1 amide bonds. The largest absolute Gasteiger partial charge is 0.397 e. The average molecular weight is 324 g/mol. The Morgan fingerprint density at radius 2 is 1.88 bits per heavy atom. The van der Waals surface area contributed by atoms with Crippen molar-refractivity contribution in [1.82, 2.24) is 10.4 Å². The van der Waals surface area contributed by atoms with Gasteiger partial charge in [-0.3, -0.25) is 9.59 Å². The Bertz CT molecular complexity index is 1010. The standard InChI is InChI=1S/C17H13FN4O2/c18-12-7-3-1-5-10(12)9-20-22-17(24)14-15(19)11-6-2-4-8-13(11)21-16(14)23/h1-9H,(H,22,24)(H3,19,21,23)/b20-9-. The minimum atomic E-state index is -0.771. The fraction of sp³-hybridized carbons (Fsp3) is 0. The summed E-state index contributed by atoms with van der Waals surface area (Å²) in [6.45, 7) is 0. The number of para-hydroxylation sites is 1. The lowest BCUT2D eigenvalue weighted by Crippen LogP contribution is -2.28. The SMILES string of the molecule is Nc1c(C(=O)N/N=C\c2ccccc2F)c(=O)[nH]c2ccccc12. The molecule has 3 rings (SSSR count). The second kappa shape index (κ2) is 6.33. The van der Waals surface area contributed by atoms with Crippen molar-refractivity contribution in [3.05, 3.63) is 75.8 Å². The molecule has 0 radical (unpaired) electrons. The summed E-state index contributed by atoms with van der Waals surface area (Å²) in [6, 6.07) is 12.8. The van der Waals surface area contributed by atoms with Crippen molar-refractivity contribution < 1.29 is 9.18 Å². The summed E-state index contributed by atoms with van der Waals surface area (Å²) in [5.41, 5.74) is 8.07. The number of amides is 1. The second-order valence-corrected chi connectivity index (χ2v) is 5.01. The van der Waals surface area contributed by atoms with Gasteiger partial charge in [-0.15, -0.1) is 0 Å². The number of hydrogen-bond acceptors (Lipinski definition) is 4. The molecule has 0 saturated carbocycles. The highest BCUT2D eigenvalue weighted by atomic mass is 19.1. The van der Waals surface area contributed by atoms with E-state index in [1.807, 2.05) is 0 Å². The van der Waals surface area contributed by atoms with Crippen molar-refractivity contribution in [1.29, 1.82) is 0 Å². The monoisotopic (exact) mass is 324 g/mol. The van der Waals surface area contributed by atoms with Crippen LogP contribution >= 0.6 is 0 Å². The number of aromatic nitrogens is 1. The smallest absolute Gasteiger partial charge is 0.279 e. The highest BCUT2D eigenvalue weighted by Gasteiger charge is 2.16. The summed E-state index contributed by atoms with van der Waals surface area (Å²) in [5.74, 6) is -1.24. The Labute approximate surface area is 135 Å². The van der Waals surface area contributed by atoms with Crippen LogP contribution in [-0.2, 0) is 0 Å². The van der Waals surface area contributed by atoms with Gasteiger partial charge >= 0.3 is 0 Å². The number of anilines is 1. The van der Waals surface area contributed by atoms with Crippen LogP contribution in [0.2, 0.25) is 0 Å². The highest BCUT2D eigenvalue weighted by molar-refractivity contribution is 6.06. The lowest BCUT2D eigenvalue weighted by molar-refractivity contribution is 0.0954. The number of H-pyrrole nitrogens is 1. The maximum absolute atomic E-state index is 13.5. The van der Waals surface area contributed by atoms with Crippen LogP contribution in [0.4, 0.5) is 10.1 Å². The molecule has 0 saturated heterocycles. The number of rotatable bonds is 3. The number of pyridine rings is 1. The number of hydrazone groups is 1. The number of fused-ring (bicyclic) bond motifs is 1. The van der Waals surface area contributed by atoms with Crippen LogP contribution in [0.1, 0.15) is 15.9 Å². The Kier molecular flexibility index (Phi) is 4.07. The normalized spacial score (nSPS) is 11.0. The third-order valence-corrected chi connectivity index (χ3v) is 3.46. The molecule has 0 spiro atoms. The third kappa shape index (κ3) is 2.87. The molecular formula is C17H13FN4O2. The molecule has 2 aromatic carbocycles. The number of aromatic amines is 1. The van der Waals surface area contributed by atoms with Gasteiger partial charge in [-0.1, -0.05) is 36.4 Å². The Morgan fingerprint density at radius 3 is 2.67 bits per heavy atom. The molecule has 0 aliphatic heterocycles. The number of nitrogen functional groups attached to an aromatic ring is 1. The van der Waals surface area contributed by atoms with E-state index in [1.54, 1.807) is 36.4 Å². The van der Waals surface area contributed by atoms with Crippen LogP contribution in [0, 0.1) is 5.82 Å². The van der Waals surface area contributed by atoms with E-state index in [9.17, 15) is 14.0 Å². The molecule has 0 atom stereocenters. The highest BCUT2D eigenvalue weighted by Crippen LogP contribution is 2.19. The molecule has 3 aromatic rings. The Hall–Kier alpha value is -3.48.